The van der Waals surface area contributed by atoms with Crippen molar-refractivity contribution in [3.05, 3.63) is 58.7 Å². The first-order chi connectivity index (χ1) is 13.5. The van der Waals surface area contributed by atoms with Gasteiger partial charge in [0.15, 0.2) is 0 Å². The van der Waals surface area contributed by atoms with E-state index in [9.17, 15) is 4.79 Å². The largest absolute Gasteiger partial charge is 0.494 e. The Balaban J connectivity index is 1.69. The highest BCUT2D eigenvalue weighted by molar-refractivity contribution is 5.90. The molecule has 0 saturated heterocycles. The molecule has 0 atom stereocenters. The van der Waals surface area contributed by atoms with Gasteiger partial charge in [0.25, 0.3) is 0 Å². The van der Waals surface area contributed by atoms with Crippen molar-refractivity contribution >= 4 is 11.7 Å². The Bertz CT molecular complexity index is 833. The molecule has 0 saturated carbocycles. The molecule has 0 spiro atoms. The maximum Gasteiger partial charge on any atom is 0.322 e. The van der Waals surface area contributed by atoms with Gasteiger partial charge in [-0.05, 0) is 74.6 Å². The van der Waals surface area contributed by atoms with Crippen molar-refractivity contribution in [3.63, 3.8) is 0 Å². The normalized spacial score (nSPS) is 13.4. The molecule has 5 nitrogen and oxygen atoms in total. The summed E-state index contributed by atoms with van der Waals surface area (Å²) in [6.07, 6.45) is 1.03. The molecule has 2 aromatic rings. The number of rotatable bonds is 6. The number of hydrogen-bond acceptors (Lipinski definition) is 3. The lowest BCUT2D eigenvalue weighted by Gasteiger charge is -2.29. The van der Waals surface area contributed by atoms with Crippen LogP contribution in [0.3, 0.4) is 0 Å². The Hall–Kier alpha value is -2.53. The van der Waals surface area contributed by atoms with Gasteiger partial charge in [-0.25, -0.2) is 4.79 Å². The van der Waals surface area contributed by atoms with Crippen LogP contribution < -0.4 is 10.1 Å². The lowest BCUT2D eigenvalue weighted by molar-refractivity contribution is 0.0654. The van der Waals surface area contributed by atoms with Crippen LogP contribution in [0.1, 0.15) is 43.0 Å². The number of carbonyl (C=O) groups excluding carboxylic acids is 1. The number of anilines is 1. The third kappa shape index (κ3) is 4.84. The second-order valence-corrected chi connectivity index (χ2v) is 7.41. The summed E-state index contributed by atoms with van der Waals surface area (Å²) in [5.41, 5.74) is 5.42. The Labute approximate surface area is 167 Å². The van der Waals surface area contributed by atoms with Crippen LogP contribution in [-0.4, -0.2) is 30.2 Å². The van der Waals surface area contributed by atoms with E-state index in [0.717, 1.165) is 34.5 Å². The van der Waals surface area contributed by atoms with E-state index in [-0.39, 0.29) is 12.1 Å². The summed E-state index contributed by atoms with van der Waals surface area (Å²) in [4.78, 5) is 14.7. The van der Waals surface area contributed by atoms with E-state index in [1.54, 1.807) is 0 Å². The second kappa shape index (κ2) is 9.11. The molecule has 28 heavy (non-hydrogen) atoms. The number of urea groups is 1. The van der Waals surface area contributed by atoms with E-state index in [0.29, 0.717) is 26.3 Å². The van der Waals surface area contributed by atoms with E-state index >= 15 is 0 Å². The van der Waals surface area contributed by atoms with Gasteiger partial charge in [-0.3, -0.25) is 0 Å². The van der Waals surface area contributed by atoms with Crippen LogP contribution in [-0.2, 0) is 24.3 Å². The first kappa shape index (κ1) is 20.2. The molecular weight excluding hydrogens is 352 g/mol. The maximum atomic E-state index is 12.9. The highest BCUT2D eigenvalue weighted by Crippen LogP contribution is 2.25. The number of carbonyl (C=O) groups is 1. The molecule has 0 fully saturated rings. The van der Waals surface area contributed by atoms with Crippen LogP contribution in [0.5, 0.6) is 5.75 Å². The zero-order valence-electron chi connectivity index (χ0n) is 17.2. The lowest BCUT2D eigenvalue weighted by Crippen LogP contribution is -2.39. The van der Waals surface area contributed by atoms with Gasteiger partial charge in [0.1, 0.15) is 5.75 Å². The minimum absolute atomic E-state index is 0.0718. The Morgan fingerprint density at radius 1 is 1.21 bits per heavy atom. The summed E-state index contributed by atoms with van der Waals surface area (Å²) in [6, 6.07) is 12.0. The average Bonchev–Trinajstić information content (AvgIpc) is 2.68. The molecule has 150 valence electrons. The van der Waals surface area contributed by atoms with E-state index in [2.05, 4.69) is 11.4 Å². The summed E-state index contributed by atoms with van der Waals surface area (Å²) in [6.45, 7) is 10.5. The number of ether oxygens (including phenoxy) is 2. The van der Waals surface area contributed by atoms with Crippen molar-refractivity contribution in [2.45, 2.75) is 53.4 Å². The number of amides is 2. The average molecular weight is 383 g/mol. The zero-order valence-corrected chi connectivity index (χ0v) is 17.2. The van der Waals surface area contributed by atoms with Crippen LogP contribution in [0, 0.1) is 6.92 Å². The number of hydrogen-bond donors (Lipinski definition) is 1. The second-order valence-electron chi connectivity index (χ2n) is 7.41. The fraction of sp³-hybridized carbons (Fsp3) is 0.435. The van der Waals surface area contributed by atoms with Gasteiger partial charge in [0.2, 0.25) is 0 Å². The topological polar surface area (TPSA) is 50.8 Å². The van der Waals surface area contributed by atoms with Gasteiger partial charge < -0.3 is 19.7 Å². The molecule has 2 amide bonds. The van der Waals surface area contributed by atoms with Crippen LogP contribution in [0.25, 0.3) is 0 Å². The van der Waals surface area contributed by atoms with E-state index < -0.39 is 0 Å². The van der Waals surface area contributed by atoms with Crippen LogP contribution in [0.2, 0.25) is 0 Å². The molecule has 0 aromatic heterocycles. The predicted octanol–water partition coefficient (Wildman–Crippen LogP) is 4.91. The number of fused-ring (bicyclic) bond motifs is 1. The molecule has 0 aliphatic carbocycles. The summed E-state index contributed by atoms with van der Waals surface area (Å²) in [5.74, 6) is 0.859. The van der Waals surface area contributed by atoms with Crippen molar-refractivity contribution in [1.82, 2.24) is 4.90 Å². The number of nitrogens with one attached hydrogen (secondary N) is 1. The van der Waals surface area contributed by atoms with E-state index in [1.165, 1.54) is 5.56 Å². The Kier molecular flexibility index (Phi) is 6.57. The lowest BCUT2D eigenvalue weighted by atomic mass is 9.99. The molecule has 1 heterocycles. The molecule has 5 heteroatoms. The molecule has 0 radical (unpaired) electrons. The SMILES string of the molecule is CCOc1ccc2c(c1)CN(C(=O)Nc1cccc(COC(C)C)c1C)CC2. The molecule has 2 aromatic carbocycles. The van der Waals surface area contributed by atoms with Crippen molar-refractivity contribution in [3.8, 4) is 5.75 Å². The first-order valence-electron chi connectivity index (χ1n) is 9.98. The highest BCUT2D eigenvalue weighted by Gasteiger charge is 2.22. The van der Waals surface area contributed by atoms with Crippen molar-refractivity contribution in [1.29, 1.82) is 0 Å². The van der Waals surface area contributed by atoms with E-state index in [4.69, 9.17) is 9.47 Å². The third-order valence-corrected chi connectivity index (χ3v) is 5.05. The van der Waals surface area contributed by atoms with E-state index in [1.807, 2.05) is 62.9 Å². The number of nitrogens with zero attached hydrogens (tertiary/aromatic N) is 1. The van der Waals surface area contributed by atoms with Gasteiger partial charge in [-0.2, -0.15) is 0 Å². The summed E-state index contributed by atoms with van der Waals surface area (Å²) < 4.78 is 11.3. The van der Waals surface area contributed by atoms with Crippen LogP contribution >= 0.6 is 0 Å². The van der Waals surface area contributed by atoms with Crippen LogP contribution in [0.4, 0.5) is 10.5 Å². The minimum atomic E-state index is -0.0718. The summed E-state index contributed by atoms with van der Waals surface area (Å²) >= 11 is 0. The van der Waals surface area contributed by atoms with Gasteiger partial charge >= 0.3 is 6.03 Å². The molecular formula is C23H30N2O3. The minimum Gasteiger partial charge on any atom is -0.494 e. The van der Waals surface area contributed by atoms with Gasteiger partial charge in [0, 0.05) is 18.8 Å². The fourth-order valence-electron chi connectivity index (χ4n) is 3.39. The molecule has 1 aliphatic rings. The standard InChI is InChI=1S/C23H30N2O3/c1-5-27-21-10-9-18-11-12-25(14-20(18)13-21)23(26)24-22-8-6-7-19(17(22)4)15-28-16(2)3/h6-10,13,16H,5,11-12,14-15H2,1-4H3,(H,24,26). The van der Waals surface area contributed by atoms with Gasteiger partial charge in [0.05, 0.1) is 19.3 Å². The summed E-state index contributed by atoms with van der Waals surface area (Å²) in [7, 11) is 0. The first-order valence-corrected chi connectivity index (χ1v) is 9.98. The molecule has 1 aliphatic heterocycles. The molecule has 1 N–H and O–H groups in total. The Morgan fingerprint density at radius 2 is 2.04 bits per heavy atom. The maximum absolute atomic E-state index is 12.9. The zero-order chi connectivity index (χ0) is 20.1. The predicted molar refractivity (Wildman–Crippen MR) is 112 cm³/mol. The van der Waals surface area contributed by atoms with Crippen molar-refractivity contribution < 1.29 is 14.3 Å². The molecule has 3 rings (SSSR count). The van der Waals surface area contributed by atoms with Crippen molar-refractivity contribution in [2.24, 2.45) is 0 Å². The van der Waals surface area contributed by atoms with Crippen LogP contribution in [0.15, 0.2) is 36.4 Å². The monoisotopic (exact) mass is 382 g/mol. The van der Waals surface area contributed by atoms with Gasteiger partial charge in [-0.15, -0.1) is 0 Å². The van der Waals surface area contributed by atoms with Crippen molar-refractivity contribution in [2.75, 3.05) is 18.5 Å². The molecule has 0 bridgehead atoms. The smallest absolute Gasteiger partial charge is 0.322 e. The third-order valence-electron chi connectivity index (χ3n) is 5.05. The quantitative estimate of drug-likeness (QED) is 0.772. The summed E-state index contributed by atoms with van der Waals surface area (Å²) in [5, 5.41) is 3.08. The molecule has 0 unspecified atom stereocenters. The highest BCUT2D eigenvalue weighted by atomic mass is 16.5. The Morgan fingerprint density at radius 3 is 2.79 bits per heavy atom. The number of benzene rings is 2. The fourth-order valence-corrected chi connectivity index (χ4v) is 3.39. The van der Waals surface area contributed by atoms with Gasteiger partial charge in [-0.1, -0.05) is 18.2 Å².